The molecule has 0 spiro atoms. The number of hydrogen-bond acceptors (Lipinski definition) is 4. The molecule has 0 aliphatic heterocycles. The van der Waals surface area contributed by atoms with E-state index in [1.807, 2.05) is 18.7 Å². The monoisotopic (exact) mass is 376 g/mol. The van der Waals surface area contributed by atoms with Crippen molar-refractivity contribution in [3.63, 3.8) is 0 Å². The van der Waals surface area contributed by atoms with Gasteiger partial charge < -0.3 is 9.84 Å². The Morgan fingerprint density at radius 2 is 1.92 bits per heavy atom. The largest absolute Gasteiger partial charge is 0.350 e. The second-order valence-corrected chi connectivity index (χ2v) is 10.8. The Morgan fingerprint density at radius 3 is 2.54 bits per heavy atom. The van der Waals surface area contributed by atoms with E-state index < -0.39 is 0 Å². The summed E-state index contributed by atoms with van der Waals surface area (Å²) < 4.78 is 5.49. The molecule has 0 saturated heterocycles. The van der Waals surface area contributed by atoms with E-state index in [1.54, 1.807) is 0 Å². The summed E-state index contributed by atoms with van der Waals surface area (Å²) >= 11 is 1.81. The predicted molar refractivity (Wildman–Crippen MR) is 104 cm³/mol. The van der Waals surface area contributed by atoms with Crippen molar-refractivity contribution in [2.75, 3.05) is 0 Å². The highest BCUT2D eigenvalue weighted by Crippen LogP contribution is 2.65. The van der Waals surface area contributed by atoms with Crippen LogP contribution in [0.1, 0.15) is 88.4 Å². The number of carbonyl (C=O) groups excluding carboxylic acids is 1. The molecule has 4 rings (SSSR count). The molecule has 1 aromatic rings. The van der Waals surface area contributed by atoms with E-state index in [1.165, 1.54) is 44.9 Å². The van der Waals surface area contributed by atoms with E-state index in [0.29, 0.717) is 22.3 Å². The fourth-order valence-corrected chi connectivity index (χ4v) is 6.99. The Hall–Kier alpha value is -0.970. The van der Waals surface area contributed by atoms with Gasteiger partial charge in [0.1, 0.15) is 0 Å². The van der Waals surface area contributed by atoms with E-state index in [-0.39, 0.29) is 17.4 Å². The topological polar surface area (TPSA) is 55.1 Å². The minimum absolute atomic E-state index is 0.0708. The number of rotatable bonds is 4. The van der Waals surface area contributed by atoms with Crippen molar-refractivity contribution in [2.45, 2.75) is 95.2 Å². The minimum Gasteiger partial charge on any atom is -0.350 e. The van der Waals surface area contributed by atoms with Crippen LogP contribution < -0.4 is 5.32 Å². The molecule has 5 heteroatoms. The average molecular weight is 377 g/mol. The highest BCUT2D eigenvalue weighted by molar-refractivity contribution is 8.00. The van der Waals surface area contributed by atoms with Gasteiger partial charge in [0, 0.05) is 11.3 Å². The van der Waals surface area contributed by atoms with Crippen LogP contribution in [0.2, 0.25) is 0 Å². The second kappa shape index (κ2) is 6.57. The highest BCUT2D eigenvalue weighted by atomic mass is 32.2. The molecule has 3 aliphatic carbocycles. The van der Waals surface area contributed by atoms with Crippen LogP contribution >= 0.6 is 11.8 Å². The van der Waals surface area contributed by atoms with Crippen molar-refractivity contribution in [3.05, 3.63) is 11.5 Å². The van der Waals surface area contributed by atoms with E-state index in [4.69, 9.17) is 4.52 Å². The third kappa shape index (κ3) is 2.81. The lowest BCUT2D eigenvalue weighted by Crippen LogP contribution is -2.46. The van der Waals surface area contributed by atoms with Crippen molar-refractivity contribution >= 4 is 17.7 Å². The van der Waals surface area contributed by atoms with Crippen molar-refractivity contribution < 1.29 is 9.32 Å². The van der Waals surface area contributed by atoms with Crippen LogP contribution in [0, 0.1) is 23.7 Å². The van der Waals surface area contributed by atoms with Crippen LogP contribution in [0.4, 0.5) is 0 Å². The second-order valence-electron chi connectivity index (χ2n) is 9.44. The van der Waals surface area contributed by atoms with Crippen LogP contribution in [0.5, 0.6) is 0 Å². The molecule has 3 atom stereocenters. The first-order valence-electron chi connectivity index (χ1n) is 10.3. The van der Waals surface area contributed by atoms with Crippen LogP contribution in [0.15, 0.2) is 9.42 Å². The Kier molecular flexibility index (Phi) is 4.65. The number of aryl methyl sites for hydroxylation is 1. The third-order valence-corrected chi connectivity index (χ3v) is 9.47. The van der Waals surface area contributed by atoms with Gasteiger partial charge in [-0.3, -0.25) is 4.79 Å². The number of aromatic nitrogens is 1. The van der Waals surface area contributed by atoms with Gasteiger partial charge in [0.05, 0.1) is 10.6 Å². The molecule has 3 fully saturated rings. The molecule has 144 valence electrons. The van der Waals surface area contributed by atoms with Crippen LogP contribution in [-0.2, 0) is 0 Å². The van der Waals surface area contributed by atoms with Crippen LogP contribution in [-0.4, -0.2) is 22.4 Å². The Balaban J connectivity index is 1.49. The minimum atomic E-state index is -0.0708. The molecule has 0 aromatic carbocycles. The quantitative estimate of drug-likeness (QED) is 0.769. The summed E-state index contributed by atoms with van der Waals surface area (Å²) in [5.41, 5.74) is 1.33. The SMILES string of the molecule is Cc1noc(C(=O)NC2C[C@H]3CC[C@@]2(C)C3(C)C)c1SC1CCCCC1. The summed E-state index contributed by atoms with van der Waals surface area (Å²) in [5, 5.41) is 8.03. The molecule has 1 amide bonds. The molecule has 3 saturated carbocycles. The Morgan fingerprint density at radius 1 is 1.19 bits per heavy atom. The average Bonchev–Trinajstić information content (AvgIpc) is 3.14. The summed E-state index contributed by atoms with van der Waals surface area (Å²) in [5.74, 6) is 1.08. The molecule has 1 N–H and O–H groups in total. The van der Waals surface area contributed by atoms with Gasteiger partial charge in [-0.2, -0.15) is 0 Å². The van der Waals surface area contributed by atoms with E-state index in [2.05, 4.69) is 31.2 Å². The lowest BCUT2D eigenvalue weighted by atomic mass is 9.69. The standard InChI is InChI=1S/C21H32N2O2S/c1-13-18(26-15-8-6-5-7-9-15)17(25-23-13)19(24)22-16-12-14-10-11-21(16,4)20(14,2)3/h14-16H,5-12H2,1-4H3,(H,22,24)/t14-,16?,21-/m1/s1. The lowest BCUT2D eigenvalue weighted by Gasteiger charge is -2.39. The molecule has 1 aromatic heterocycles. The summed E-state index contributed by atoms with van der Waals surface area (Å²) in [6.45, 7) is 9.06. The Labute approximate surface area is 161 Å². The first-order chi connectivity index (χ1) is 12.3. The number of nitrogens with zero attached hydrogens (tertiary/aromatic N) is 1. The van der Waals surface area contributed by atoms with Crippen LogP contribution in [0.25, 0.3) is 0 Å². The molecular weight excluding hydrogens is 344 g/mol. The van der Waals surface area contributed by atoms with Crippen molar-refractivity contribution in [1.29, 1.82) is 0 Å². The molecule has 1 unspecified atom stereocenters. The molecule has 4 nitrogen and oxygen atoms in total. The summed E-state index contributed by atoms with van der Waals surface area (Å²) in [6, 6.07) is 0.238. The molecule has 26 heavy (non-hydrogen) atoms. The maximum absolute atomic E-state index is 13.0. The zero-order valence-electron chi connectivity index (χ0n) is 16.6. The zero-order chi connectivity index (χ0) is 18.5. The first kappa shape index (κ1) is 18.4. The van der Waals surface area contributed by atoms with Gasteiger partial charge in [-0.1, -0.05) is 45.2 Å². The van der Waals surface area contributed by atoms with Gasteiger partial charge in [-0.25, -0.2) is 0 Å². The first-order valence-corrected chi connectivity index (χ1v) is 11.1. The molecule has 3 aliphatic rings. The molecule has 0 radical (unpaired) electrons. The van der Waals surface area contributed by atoms with Crippen molar-refractivity contribution in [1.82, 2.24) is 10.5 Å². The van der Waals surface area contributed by atoms with Gasteiger partial charge in [-0.15, -0.1) is 11.8 Å². The van der Waals surface area contributed by atoms with E-state index >= 15 is 0 Å². The number of hydrogen-bond donors (Lipinski definition) is 1. The van der Waals surface area contributed by atoms with Crippen molar-refractivity contribution in [2.24, 2.45) is 16.7 Å². The molecule has 1 heterocycles. The maximum Gasteiger partial charge on any atom is 0.291 e. The van der Waals surface area contributed by atoms with Gasteiger partial charge >= 0.3 is 0 Å². The normalized spacial score (nSPS) is 33.5. The van der Waals surface area contributed by atoms with E-state index in [9.17, 15) is 4.79 Å². The van der Waals surface area contributed by atoms with Gasteiger partial charge in [0.2, 0.25) is 5.76 Å². The van der Waals surface area contributed by atoms with Gasteiger partial charge in [-0.05, 0) is 55.8 Å². The third-order valence-electron chi connectivity index (χ3n) is 7.95. The number of nitrogens with one attached hydrogen (secondary N) is 1. The number of thioether (sulfide) groups is 1. The summed E-state index contributed by atoms with van der Waals surface area (Å²) in [7, 11) is 0. The highest BCUT2D eigenvalue weighted by Gasteiger charge is 2.61. The smallest absolute Gasteiger partial charge is 0.291 e. The van der Waals surface area contributed by atoms with Crippen LogP contribution in [0.3, 0.4) is 0 Å². The number of carbonyl (C=O) groups is 1. The predicted octanol–water partition coefficient (Wildman–Crippen LogP) is 5.35. The molecular formula is C21H32N2O2S. The lowest BCUT2D eigenvalue weighted by molar-refractivity contribution is 0.0789. The number of fused-ring (bicyclic) bond motifs is 2. The zero-order valence-corrected chi connectivity index (χ0v) is 17.4. The van der Waals surface area contributed by atoms with Crippen molar-refractivity contribution in [3.8, 4) is 0 Å². The fourth-order valence-electron chi connectivity index (χ4n) is 5.64. The van der Waals surface area contributed by atoms with E-state index in [0.717, 1.165) is 17.0 Å². The summed E-state index contributed by atoms with van der Waals surface area (Å²) in [4.78, 5) is 14.0. The maximum atomic E-state index is 13.0. The fraction of sp³-hybridized carbons (Fsp3) is 0.810. The number of amides is 1. The van der Waals surface area contributed by atoms with Gasteiger partial charge in [0.25, 0.3) is 5.91 Å². The molecule has 2 bridgehead atoms. The summed E-state index contributed by atoms with van der Waals surface area (Å²) in [6.07, 6.45) is 9.97. The van der Waals surface area contributed by atoms with Gasteiger partial charge in [0.15, 0.2) is 0 Å². The Bertz CT molecular complexity index is 692.